The van der Waals surface area contributed by atoms with Crippen molar-refractivity contribution in [1.29, 1.82) is 0 Å². The molecule has 0 aromatic rings. The lowest BCUT2D eigenvalue weighted by molar-refractivity contribution is -0.124. The van der Waals surface area contributed by atoms with E-state index < -0.39 is 0 Å². The maximum absolute atomic E-state index is 11.4. The molecule has 0 aliphatic heterocycles. The molecular formula is C10H21N3O2. The number of amides is 2. The molecule has 0 radical (unpaired) electrons. The second kappa shape index (κ2) is 8.23. The highest BCUT2D eigenvalue weighted by Gasteiger charge is 2.10. The molecular weight excluding hydrogens is 194 g/mol. The van der Waals surface area contributed by atoms with Gasteiger partial charge in [0.05, 0.1) is 0 Å². The van der Waals surface area contributed by atoms with Crippen LogP contribution in [0.2, 0.25) is 0 Å². The number of rotatable bonds is 8. The van der Waals surface area contributed by atoms with Crippen LogP contribution in [0, 0.1) is 5.92 Å². The fraction of sp³-hybridized carbons (Fsp3) is 0.800. The number of nitrogens with two attached hydrogens (primary N) is 1. The number of nitrogens with one attached hydrogen (secondary N) is 2. The van der Waals surface area contributed by atoms with Crippen LogP contribution in [0.3, 0.4) is 0 Å². The van der Waals surface area contributed by atoms with Crippen molar-refractivity contribution in [3.63, 3.8) is 0 Å². The average Bonchev–Trinajstić information content (AvgIpc) is 2.16. The first-order chi connectivity index (χ1) is 7.07. The number of hydrogen-bond donors (Lipinski definition) is 3. The summed E-state index contributed by atoms with van der Waals surface area (Å²) in [6.45, 7) is 3.16. The van der Waals surface area contributed by atoms with E-state index in [1.54, 1.807) is 0 Å². The van der Waals surface area contributed by atoms with E-state index in [9.17, 15) is 9.59 Å². The molecule has 5 nitrogen and oxygen atoms in total. The zero-order valence-electron chi connectivity index (χ0n) is 9.51. The first kappa shape index (κ1) is 13.9. The van der Waals surface area contributed by atoms with Gasteiger partial charge in [-0.15, -0.1) is 0 Å². The molecule has 5 heteroatoms. The van der Waals surface area contributed by atoms with Crippen LogP contribution in [0.25, 0.3) is 0 Å². The monoisotopic (exact) mass is 215 g/mol. The van der Waals surface area contributed by atoms with Crippen LogP contribution < -0.4 is 16.4 Å². The predicted molar refractivity (Wildman–Crippen MR) is 59.1 cm³/mol. The standard InChI is InChI=1S/C10H21N3O2/c1-8(7-12-2)10(15)13-6-4-3-5-9(11)14/h8,12H,3-7H2,1-2H3,(H2,11,14)(H,13,15). The third-order valence-electron chi connectivity index (χ3n) is 2.11. The van der Waals surface area contributed by atoms with Gasteiger partial charge in [0.25, 0.3) is 0 Å². The van der Waals surface area contributed by atoms with Crippen LogP contribution in [0.5, 0.6) is 0 Å². The maximum Gasteiger partial charge on any atom is 0.224 e. The molecule has 88 valence electrons. The van der Waals surface area contributed by atoms with Gasteiger partial charge in [0.15, 0.2) is 0 Å². The fourth-order valence-electron chi connectivity index (χ4n) is 1.21. The summed E-state index contributed by atoms with van der Waals surface area (Å²) in [4.78, 5) is 21.8. The van der Waals surface area contributed by atoms with E-state index in [0.29, 0.717) is 19.5 Å². The highest BCUT2D eigenvalue weighted by molar-refractivity contribution is 5.78. The second-order valence-corrected chi connectivity index (χ2v) is 3.67. The minimum absolute atomic E-state index is 0.0221. The number of carbonyl (C=O) groups is 2. The van der Waals surface area contributed by atoms with E-state index in [2.05, 4.69) is 10.6 Å². The molecule has 0 fully saturated rings. The van der Waals surface area contributed by atoms with Gasteiger partial charge in [-0.3, -0.25) is 9.59 Å². The Hall–Kier alpha value is -1.10. The molecule has 0 heterocycles. The topological polar surface area (TPSA) is 84.2 Å². The van der Waals surface area contributed by atoms with Gasteiger partial charge in [-0.05, 0) is 19.9 Å². The Morgan fingerprint density at radius 2 is 2.00 bits per heavy atom. The Labute approximate surface area is 90.8 Å². The second-order valence-electron chi connectivity index (χ2n) is 3.67. The minimum Gasteiger partial charge on any atom is -0.370 e. The molecule has 0 spiro atoms. The number of unbranched alkanes of at least 4 members (excludes halogenated alkanes) is 1. The SMILES string of the molecule is CNCC(C)C(=O)NCCCCC(N)=O. The van der Waals surface area contributed by atoms with Crippen LogP contribution in [0.4, 0.5) is 0 Å². The van der Waals surface area contributed by atoms with Crippen LogP contribution in [-0.2, 0) is 9.59 Å². The van der Waals surface area contributed by atoms with Gasteiger partial charge in [0, 0.05) is 25.4 Å². The summed E-state index contributed by atoms with van der Waals surface area (Å²) in [5.74, 6) is -0.264. The van der Waals surface area contributed by atoms with E-state index in [1.165, 1.54) is 0 Å². The smallest absolute Gasteiger partial charge is 0.224 e. The summed E-state index contributed by atoms with van der Waals surface area (Å²) in [5.41, 5.74) is 4.99. The lowest BCUT2D eigenvalue weighted by Gasteiger charge is -2.10. The third-order valence-corrected chi connectivity index (χ3v) is 2.11. The molecule has 4 N–H and O–H groups in total. The minimum atomic E-state index is -0.287. The van der Waals surface area contributed by atoms with E-state index >= 15 is 0 Å². The van der Waals surface area contributed by atoms with E-state index in [-0.39, 0.29) is 17.7 Å². The van der Waals surface area contributed by atoms with Gasteiger partial charge >= 0.3 is 0 Å². The van der Waals surface area contributed by atoms with Crippen molar-refractivity contribution in [1.82, 2.24) is 10.6 Å². The molecule has 1 unspecified atom stereocenters. The average molecular weight is 215 g/mol. The molecule has 0 saturated heterocycles. The van der Waals surface area contributed by atoms with Gasteiger partial charge in [-0.2, -0.15) is 0 Å². The maximum atomic E-state index is 11.4. The van der Waals surface area contributed by atoms with Gasteiger partial charge in [-0.25, -0.2) is 0 Å². The summed E-state index contributed by atoms with van der Waals surface area (Å²) in [5, 5.41) is 5.75. The summed E-state index contributed by atoms with van der Waals surface area (Å²) in [6.07, 6.45) is 1.92. The van der Waals surface area contributed by atoms with Gasteiger partial charge < -0.3 is 16.4 Å². The Kier molecular flexibility index (Phi) is 7.62. The molecule has 1 atom stereocenters. The summed E-state index contributed by atoms with van der Waals surface area (Å²) in [7, 11) is 1.82. The Balaban J connectivity index is 3.42. The molecule has 2 amide bonds. The number of carbonyl (C=O) groups excluding carboxylic acids is 2. The fourth-order valence-corrected chi connectivity index (χ4v) is 1.21. The molecule has 0 saturated carbocycles. The van der Waals surface area contributed by atoms with Crippen LogP contribution in [-0.4, -0.2) is 32.0 Å². The quantitative estimate of drug-likeness (QED) is 0.482. The van der Waals surface area contributed by atoms with E-state index in [0.717, 1.165) is 12.8 Å². The summed E-state index contributed by atoms with van der Waals surface area (Å²) >= 11 is 0. The molecule has 0 rings (SSSR count). The molecule has 0 aliphatic rings. The van der Waals surface area contributed by atoms with Crippen molar-refractivity contribution < 1.29 is 9.59 Å². The lowest BCUT2D eigenvalue weighted by atomic mass is 10.1. The van der Waals surface area contributed by atoms with Gasteiger partial charge in [-0.1, -0.05) is 6.92 Å². The highest BCUT2D eigenvalue weighted by Crippen LogP contribution is 1.95. The van der Waals surface area contributed by atoms with Crippen LogP contribution in [0.15, 0.2) is 0 Å². The molecule has 15 heavy (non-hydrogen) atoms. The number of primary amides is 1. The zero-order chi connectivity index (χ0) is 11.7. The number of hydrogen-bond acceptors (Lipinski definition) is 3. The van der Waals surface area contributed by atoms with Crippen molar-refractivity contribution in [2.75, 3.05) is 20.1 Å². The van der Waals surface area contributed by atoms with E-state index in [4.69, 9.17) is 5.73 Å². The van der Waals surface area contributed by atoms with Gasteiger partial charge in [0.2, 0.25) is 11.8 Å². The Morgan fingerprint density at radius 3 is 2.53 bits per heavy atom. The normalized spacial score (nSPS) is 12.1. The third kappa shape index (κ3) is 7.93. The van der Waals surface area contributed by atoms with Crippen LogP contribution >= 0.6 is 0 Å². The Morgan fingerprint density at radius 1 is 1.33 bits per heavy atom. The first-order valence-electron chi connectivity index (χ1n) is 5.28. The predicted octanol–water partition coefficient (Wildman–Crippen LogP) is -0.386. The van der Waals surface area contributed by atoms with Gasteiger partial charge in [0.1, 0.15) is 0 Å². The summed E-state index contributed by atoms with van der Waals surface area (Å²) < 4.78 is 0. The van der Waals surface area contributed by atoms with Crippen LogP contribution in [0.1, 0.15) is 26.2 Å². The largest absolute Gasteiger partial charge is 0.370 e. The van der Waals surface area contributed by atoms with Crippen molar-refractivity contribution in [3.05, 3.63) is 0 Å². The van der Waals surface area contributed by atoms with Crippen molar-refractivity contribution in [2.45, 2.75) is 26.2 Å². The lowest BCUT2D eigenvalue weighted by Crippen LogP contribution is -2.34. The molecule has 0 aliphatic carbocycles. The zero-order valence-corrected chi connectivity index (χ0v) is 9.51. The van der Waals surface area contributed by atoms with Crippen molar-refractivity contribution in [2.24, 2.45) is 11.7 Å². The molecule has 0 aromatic heterocycles. The summed E-state index contributed by atoms with van der Waals surface area (Å²) in [6, 6.07) is 0. The van der Waals surface area contributed by atoms with E-state index in [1.807, 2.05) is 14.0 Å². The molecule has 0 aromatic carbocycles. The van der Waals surface area contributed by atoms with Crippen molar-refractivity contribution >= 4 is 11.8 Å². The van der Waals surface area contributed by atoms with Crippen molar-refractivity contribution in [3.8, 4) is 0 Å². The Bertz CT molecular complexity index is 207. The highest BCUT2D eigenvalue weighted by atomic mass is 16.2. The first-order valence-corrected chi connectivity index (χ1v) is 5.28. The molecule has 0 bridgehead atoms.